The van der Waals surface area contributed by atoms with Crippen molar-refractivity contribution in [1.82, 2.24) is 4.98 Å². The summed E-state index contributed by atoms with van der Waals surface area (Å²) in [5.41, 5.74) is 9.81. The van der Waals surface area contributed by atoms with Gasteiger partial charge in [0.25, 0.3) is 0 Å². The number of pyridine rings is 1. The summed E-state index contributed by atoms with van der Waals surface area (Å²) in [5, 5.41) is 8.77. The Kier molecular flexibility index (Phi) is 2.40. The lowest BCUT2D eigenvalue weighted by molar-refractivity contribution is 0.900. The number of para-hydroxylation sites is 1. The lowest BCUT2D eigenvalue weighted by Crippen LogP contribution is -2.15. The van der Waals surface area contributed by atoms with Gasteiger partial charge in [0.15, 0.2) is 0 Å². The Morgan fingerprint density at radius 1 is 1.35 bits per heavy atom. The number of nitrogens with zero attached hydrogens (tertiary/aromatic N) is 1. The zero-order valence-electron chi connectivity index (χ0n) is 9.26. The van der Waals surface area contributed by atoms with Crippen LogP contribution in [-0.2, 0) is 12.8 Å². The van der Waals surface area contributed by atoms with Gasteiger partial charge in [-0.15, -0.1) is 0 Å². The van der Waals surface area contributed by atoms with E-state index in [0.29, 0.717) is 0 Å². The van der Waals surface area contributed by atoms with Crippen molar-refractivity contribution in [1.29, 1.82) is 5.41 Å². The standard InChI is InChI=1S/C13H12BrN3/c14-9-5-1-4-8-11(13(15)16)7-3-2-6-10(7)17-12(8)9/h1,4-5H,2-3,6H2,(H3,15,16). The minimum absolute atomic E-state index is 0.147. The molecule has 3 N–H and O–H groups in total. The fourth-order valence-corrected chi connectivity index (χ4v) is 3.01. The summed E-state index contributed by atoms with van der Waals surface area (Å²) in [5.74, 6) is 0.147. The third-order valence-corrected chi connectivity index (χ3v) is 3.90. The zero-order chi connectivity index (χ0) is 12.0. The molecule has 17 heavy (non-hydrogen) atoms. The molecule has 0 bridgehead atoms. The zero-order valence-corrected chi connectivity index (χ0v) is 10.8. The fourth-order valence-electron chi connectivity index (χ4n) is 2.56. The molecule has 2 aromatic rings. The lowest BCUT2D eigenvalue weighted by atomic mass is 10.0. The van der Waals surface area contributed by atoms with Crippen LogP contribution in [0.25, 0.3) is 10.9 Å². The van der Waals surface area contributed by atoms with Gasteiger partial charge >= 0.3 is 0 Å². The predicted octanol–water partition coefficient (Wildman–Crippen LogP) is 2.77. The number of nitrogens with two attached hydrogens (primary N) is 1. The number of halogens is 1. The Labute approximate surface area is 108 Å². The molecule has 1 aliphatic rings. The van der Waals surface area contributed by atoms with Crippen LogP contribution in [0.15, 0.2) is 22.7 Å². The predicted molar refractivity (Wildman–Crippen MR) is 72.5 cm³/mol. The number of amidine groups is 1. The van der Waals surface area contributed by atoms with Crippen molar-refractivity contribution < 1.29 is 0 Å². The summed E-state index contributed by atoms with van der Waals surface area (Å²) >= 11 is 3.51. The Morgan fingerprint density at radius 2 is 2.18 bits per heavy atom. The average molecular weight is 290 g/mol. The normalized spacial score (nSPS) is 13.9. The van der Waals surface area contributed by atoms with E-state index in [1.807, 2.05) is 18.2 Å². The summed E-state index contributed by atoms with van der Waals surface area (Å²) in [4.78, 5) is 4.70. The van der Waals surface area contributed by atoms with Gasteiger partial charge in [-0.2, -0.15) is 0 Å². The highest BCUT2D eigenvalue weighted by molar-refractivity contribution is 9.10. The molecule has 0 spiro atoms. The molecule has 0 aliphatic heterocycles. The van der Waals surface area contributed by atoms with Gasteiger partial charge in [-0.05, 0) is 46.8 Å². The maximum Gasteiger partial charge on any atom is 0.123 e. The van der Waals surface area contributed by atoms with Gasteiger partial charge in [0.05, 0.1) is 5.52 Å². The fraction of sp³-hybridized carbons (Fsp3) is 0.231. The van der Waals surface area contributed by atoms with Gasteiger partial charge in [0, 0.05) is 21.1 Å². The SMILES string of the molecule is N=C(N)c1c2c(nc3c(Br)cccc13)CCC2. The quantitative estimate of drug-likeness (QED) is 0.626. The Morgan fingerprint density at radius 3 is 2.94 bits per heavy atom. The van der Waals surface area contributed by atoms with E-state index in [0.717, 1.165) is 45.9 Å². The monoisotopic (exact) mass is 289 g/mol. The summed E-state index contributed by atoms with van der Waals surface area (Å²) < 4.78 is 0.965. The molecular formula is C13H12BrN3. The largest absolute Gasteiger partial charge is 0.384 e. The van der Waals surface area contributed by atoms with E-state index in [-0.39, 0.29) is 5.84 Å². The van der Waals surface area contributed by atoms with Crippen molar-refractivity contribution in [2.24, 2.45) is 5.73 Å². The van der Waals surface area contributed by atoms with Crippen LogP contribution in [0.5, 0.6) is 0 Å². The number of benzene rings is 1. The summed E-state index contributed by atoms with van der Waals surface area (Å²) in [6.07, 6.45) is 3.09. The van der Waals surface area contributed by atoms with E-state index in [4.69, 9.17) is 16.1 Å². The maximum absolute atomic E-state index is 7.79. The number of fused-ring (bicyclic) bond motifs is 2. The van der Waals surface area contributed by atoms with E-state index in [9.17, 15) is 0 Å². The van der Waals surface area contributed by atoms with Crippen LogP contribution in [0.1, 0.15) is 23.2 Å². The van der Waals surface area contributed by atoms with Crippen LogP contribution in [0, 0.1) is 5.41 Å². The third-order valence-electron chi connectivity index (χ3n) is 3.26. The molecule has 1 aliphatic carbocycles. The van der Waals surface area contributed by atoms with Crippen LogP contribution in [-0.4, -0.2) is 10.8 Å². The van der Waals surface area contributed by atoms with Crippen LogP contribution in [0.3, 0.4) is 0 Å². The van der Waals surface area contributed by atoms with E-state index >= 15 is 0 Å². The number of nitrogens with one attached hydrogen (secondary N) is 1. The molecule has 3 nitrogen and oxygen atoms in total. The number of hydrogen-bond donors (Lipinski definition) is 2. The smallest absolute Gasteiger partial charge is 0.123 e. The summed E-state index contributed by atoms with van der Waals surface area (Å²) in [6, 6.07) is 5.92. The Balaban J connectivity index is 2.49. The number of aromatic nitrogens is 1. The first-order valence-corrected chi connectivity index (χ1v) is 6.42. The van der Waals surface area contributed by atoms with Gasteiger partial charge in [0.1, 0.15) is 5.84 Å². The molecule has 0 radical (unpaired) electrons. The number of hydrogen-bond acceptors (Lipinski definition) is 2. The molecule has 1 aromatic carbocycles. The van der Waals surface area contributed by atoms with Crippen LogP contribution >= 0.6 is 15.9 Å². The van der Waals surface area contributed by atoms with Crippen LogP contribution < -0.4 is 5.73 Å². The van der Waals surface area contributed by atoms with Gasteiger partial charge < -0.3 is 5.73 Å². The molecule has 0 saturated carbocycles. The molecular weight excluding hydrogens is 278 g/mol. The molecule has 0 unspecified atom stereocenters. The maximum atomic E-state index is 7.79. The van der Waals surface area contributed by atoms with Crippen molar-refractivity contribution >= 4 is 32.7 Å². The summed E-state index contributed by atoms with van der Waals surface area (Å²) in [6.45, 7) is 0. The van der Waals surface area contributed by atoms with Gasteiger partial charge in [-0.1, -0.05) is 12.1 Å². The van der Waals surface area contributed by atoms with E-state index in [1.165, 1.54) is 5.56 Å². The molecule has 3 rings (SSSR count). The highest BCUT2D eigenvalue weighted by Crippen LogP contribution is 2.32. The molecule has 0 fully saturated rings. The first-order chi connectivity index (χ1) is 8.18. The van der Waals surface area contributed by atoms with Crippen molar-refractivity contribution in [2.75, 3.05) is 0 Å². The second-order valence-corrected chi connectivity index (χ2v) is 5.17. The van der Waals surface area contributed by atoms with Crippen molar-refractivity contribution in [3.8, 4) is 0 Å². The Hall–Kier alpha value is -1.42. The van der Waals surface area contributed by atoms with Crippen LogP contribution in [0.4, 0.5) is 0 Å². The summed E-state index contributed by atoms with van der Waals surface area (Å²) in [7, 11) is 0. The highest BCUT2D eigenvalue weighted by Gasteiger charge is 2.21. The molecule has 1 heterocycles. The topological polar surface area (TPSA) is 62.8 Å². The van der Waals surface area contributed by atoms with Crippen molar-refractivity contribution in [3.05, 3.63) is 39.5 Å². The second-order valence-electron chi connectivity index (χ2n) is 4.32. The second kappa shape index (κ2) is 3.81. The number of aryl methyl sites for hydroxylation is 1. The third kappa shape index (κ3) is 1.55. The average Bonchev–Trinajstić information content (AvgIpc) is 2.74. The molecule has 86 valence electrons. The van der Waals surface area contributed by atoms with E-state index in [2.05, 4.69) is 15.9 Å². The first-order valence-electron chi connectivity index (χ1n) is 5.63. The molecule has 4 heteroatoms. The molecule has 0 atom stereocenters. The highest BCUT2D eigenvalue weighted by atomic mass is 79.9. The minimum atomic E-state index is 0.147. The molecule has 0 saturated heterocycles. The van der Waals surface area contributed by atoms with Crippen molar-refractivity contribution in [3.63, 3.8) is 0 Å². The minimum Gasteiger partial charge on any atom is -0.384 e. The van der Waals surface area contributed by atoms with Gasteiger partial charge in [-0.3, -0.25) is 10.4 Å². The number of nitrogen functional groups attached to an aromatic ring is 1. The lowest BCUT2D eigenvalue weighted by Gasteiger charge is -2.11. The van der Waals surface area contributed by atoms with Gasteiger partial charge in [0.2, 0.25) is 0 Å². The number of rotatable bonds is 1. The van der Waals surface area contributed by atoms with E-state index < -0.39 is 0 Å². The molecule has 1 aromatic heterocycles. The van der Waals surface area contributed by atoms with Crippen LogP contribution in [0.2, 0.25) is 0 Å². The van der Waals surface area contributed by atoms with Gasteiger partial charge in [-0.25, -0.2) is 0 Å². The molecule has 0 amide bonds. The van der Waals surface area contributed by atoms with E-state index in [1.54, 1.807) is 0 Å². The first kappa shape index (κ1) is 10.7. The Bertz CT molecular complexity index is 634. The van der Waals surface area contributed by atoms with Crippen molar-refractivity contribution in [2.45, 2.75) is 19.3 Å².